The van der Waals surface area contributed by atoms with Crippen LogP contribution in [-0.4, -0.2) is 66.3 Å². The highest BCUT2D eigenvalue weighted by Gasteiger charge is 2.45. The molecule has 8 nitrogen and oxygen atoms in total. The molecule has 158 valence electrons. The molecular weight excluding hydrogens is 368 g/mol. The Morgan fingerprint density at radius 3 is 2.30 bits per heavy atom. The molecule has 0 saturated carbocycles. The van der Waals surface area contributed by atoms with E-state index in [1.807, 2.05) is 0 Å². The fourth-order valence-corrected chi connectivity index (χ4v) is 4.24. The summed E-state index contributed by atoms with van der Waals surface area (Å²) in [6.45, 7) is 16.0. The Kier molecular flexibility index (Phi) is 7.46. The molecule has 9 heteroatoms. The molecular formula is C18H36N2O6Si. The highest BCUT2D eigenvalue weighted by Crippen LogP contribution is 2.39. The standard InChI is InChI=1S/C18H36N2O6Si/c1-17(2,3)25-16(22)19-12-15(26-27(7,8)18(4,5)6)10-13(19)9-14(21)11-20(23)24/h13-15,21H,9-12H2,1-8H3/t13-,14-,15-/m1/s1. The number of hydrogen-bond donors (Lipinski definition) is 1. The van der Waals surface area contributed by atoms with Gasteiger partial charge >= 0.3 is 6.09 Å². The lowest BCUT2D eigenvalue weighted by atomic mass is 10.1. The average Bonchev–Trinajstić information content (AvgIpc) is 2.76. The van der Waals surface area contributed by atoms with Gasteiger partial charge in [-0.3, -0.25) is 10.1 Å². The molecule has 27 heavy (non-hydrogen) atoms. The van der Waals surface area contributed by atoms with Crippen molar-refractivity contribution in [2.45, 2.75) is 96.4 Å². The van der Waals surface area contributed by atoms with Gasteiger partial charge in [-0.2, -0.15) is 0 Å². The van der Waals surface area contributed by atoms with Crippen LogP contribution >= 0.6 is 0 Å². The van der Waals surface area contributed by atoms with Crippen molar-refractivity contribution in [3.8, 4) is 0 Å². The number of amides is 1. The Labute approximate surface area is 163 Å². The predicted molar refractivity (Wildman–Crippen MR) is 106 cm³/mol. The zero-order valence-electron chi connectivity index (χ0n) is 17.9. The number of nitro groups is 1. The zero-order chi connectivity index (χ0) is 21.2. The van der Waals surface area contributed by atoms with Crippen LogP contribution < -0.4 is 0 Å². The number of hydrogen-bond acceptors (Lipinski definition) is 6. The van der Waals surface area contributed by atoms with Crippen LogP contribution in [-0.2, 0) is 9.16 Å². The quantitative estimate of drug-likeness (QED) is 0.413. The van der Waals surface area contributed by atoms with Gasteiger partial charge in [0, 0.05) is 23.9 Å². The molecule has 0 spiro atoms. The molecule has 0 aromatic heterocycles. The summed E-state index contributed by atoms with van der Waals surface area (Å²) in [5.74, 6) is 0. The van der Waals surface area contributed by atoms with Crippen LogP contribution in [0.1, 0.15) is 54.4 Å². The summed E-state index contributed by atoms with van der Waals surface area (Å²) in [6, 6.07) is -0.343. The van der Waals surface area contributed by atoms with Gasteiger partial charge < -0.3 is 19.2 Å². The van der Waals surface area contributed by atoms with E-state index in [1.165, 1.54) is 0 Å². The normalized spacial score (nSPS) is 22.6. The fourth-order valence-electron chi connectivity index (χ4n) is 2.88. The third kappa shape index (κ3) is 7.38. The van der Waals surface area contributed by atoms with Gasteiger partial charge in [-0.25, -0.2) is 4.79 Å². The van der Waals surface area contributed by atoms with Gasteiger partial charge in [-0.15, -0.1) is 0 Å². The molecule has 0 unspecified atom stereocenters. The predicted octanol–water partition coefficient (Wildman–Crippen LogP) is 3.41. The molecule has 0 radical (unpaired) electrons. The van der Waals surface area contributed by atoms with Gasteiger partial charge in [-0.05, 0) is 45.3 Å². The van der Waals surface area contributed by atoms with Crippen molar-refractivity contribution in [2.24, 2.45) is 0 Å². The topological polar surface area (TPSA) is 102 Å². The molecule has 0 aliphatic carbocycles. The van der Waals surface area contributed by atoms with Crippen molar-refractivity contribution in [3.05, 3.63) is 10.1 Å². The summed E-state index contributed by atoms with van der Waals surface area (Å²) < 4.78 is 11.9. The number of aliphatic hydroxyl groups excluding tert-OH is 1. The molecule has 3 atom stereocenters. The minimum absolute atomic E-state index is 0.0347. The van der Waals surface area contributed by atoms with Gasteiger partial charge in [0.25, 0.3) is 0 Å². The molecule has 1 N–H and O–H groups in total. The van der Waals surface area contributed by atoms with Crippen LogP contribution in [0.5, 0.6) is 0 Å². The lowest BCUT2D eigenvalue weighted by molar-refractivity contribution is -0.490. The first kappa shape index (κ1) is 23.8. The van der Waals surface area contributed by atoms with Gasteiger partial charge in [0.2, 0.25) is 6.54 Å². The second kappa shape index (κ2) is 8.44. The van der Waals surface area contributed by atoms with Crippen molar-refractivity contribution in [3.63, 3.8) is 0 Å². The van der Waals surface area contributed by atoms with Crippen molar-refractivity contribution in [1.82, 2.24) is 4.90 Å². The first-order valence-corrected chi connectivity index (χ1v) is 12.4. The first-order valence-electron chi connectivity index (χ1n) is 9.49. The first-order chi connectivity index (χ1) is 12.0. The Morgan fingerprint density at radius 2 is 1.85 bits per heavy atom. The number of aliphatic hydroxyl groups is 1. The molecule has 0 aromatic carbocycles. The van der Waals surface area contributed by atoms with Crippen LogP contribution in [0.2, 0.25) is 18.1 Å². The van der Waals surface area contributed by atoms with E-state index in [9.17, 15) is 20.0 Å². The smallest absolute Gasteiger partial charge is 0.410 e. The number of rotatable bonds is 6. The number of carbonyl (C=O) groups is 1. The molecule has 1 aliphatic rings. The lowest BCUT2D eigenvalue weighted by Crippen LogP contribution is -2.45. The largest absolute Gasteiger partial charge is 0.444 e. The third-order valence-electron chi connectivity index (χ3n) is 5.18. The molecule has 1 rings (SSSR count). The molecule has 0 aromatic rings. The van der Waals surface area contributed by atoms with Gasteiger partial charge in [0.15, 0.2) is 8.32 Å². The molecule has 0 bridgehead atoms. The van der Waals surface area contributed by atoms with Crippen LogP contribution in [0.3, 0.4) is 0 Å². The van der Waals surface area contributed by atoms with Gasteiger partial charge in [0.05, 0.1) is 6.10 Å². The van der Waals surface area contributed by atoms with Crippen LogP contribution in [0.4, 0.5) is 4.79 Å². The van der Waals surface area contributed by atoms with Gasteiger partial charge in [0.1, 0.15) is 11.7 Å². The van der Waals surface area contributed by atoms with Crippen LogP contribution in [0.15, 0.2) is 0 Å². The van der Waals surface area contributed by atoms with Crippen LogP contribution in [0.25, 0.3) is 0 Å². The summed E-state index contributed by atoms with van der Waals surface area (Å²) in [4.78, 5) is 24.3. The molecule has 1 heterocycles. The van der Waals surface area contributed by atoms with Crippen molar-refractivity contribution < 1.29 is 24.0 Å². The van der Waals surface area contributed by atoms with Crippen LogP contribution in [0, 0.1) is 10.1 Å². The summed E-state index contributed by atoms with van der Waals surface area (Å²) in [6.07, 6.45) is -1.06. The maximum absolute atomic E-state index is 12.6. The highest BCUT2D eigenvalue weighted by atomic mass is 28.4. The van der Waals surface area contributed by atoms with E-state index >= 15 is 0 Å². The number of likely N-dealkylation sites (tertiary alicyclic amines) is 1. The SMILES string of the molecule is CC(C)(C)OC(=O)N1C[C@H](O[Si](C)(C)C(C)(C)C)C[C@H]1C[C@@H](O)C[N+](=O)[O-]. The fraction of sp³-hybridized carbons (Fsp3) is 0.944. The summed E-state index contributed by atoms with van der Waals surface area (Å²) in [7, 11) is -2.03. The number of carbonyl (C=O) groups excluding carboxylic acids is 1. The molecule has 1 fully saturated rings. The number of ether oxygens (including phenoxy) is 1. The average molecular weight is 405 g/mol. The van der Waals surface area contributed by atoms with E-state index in [4.69, 9.17) is 9.16 Å². The summed E-state index contributed by atoms with van der Waals surface area (Å²) in [5.41, 5.74) is -0.639. The van der Waals surface area contributed by atoms with E-state index in [0.717, 1.165) is 0 Å². The van der Waals surface area contributed by atoms with Crippen molar-refractivity contribution in [1.29, 1.82) is 0 Å². The summed E-state index contributed by atoms with van der Waals surface area (Å²) >= 11 is 0. The van der Waals surface area contributed by atoms with E-state index in [0.29, 0.717) is 13.0 Å². The monoisotopic (exact) mass is 404 g/mol. The maximum atomic E-state index is 12.6. The third-order valence-corrected chi connectivity index (χ3v) is 9.71. The van der Waals surface area contributed by atoms with E-state index in [-0.39, 0.29) is 23.6 Å². The Bertz CT molecular complexity index is 541. The lowest BCUT2D eigenvalue weighted by Gasteiger charge is -2.38. The molecule has 1 saturated heterocycles. The summed E-state index contributed by atoms with van der Waals surface area (Å²) in [5, 5.41) is 20.7. The maximum Gasteiger partial charge on any atom is 0.410 e. The zero-order valence-corrected chi connectivity index (χ0v) is 18.9. The van der Waals surface area contributed by atoms with E-state index in [2.05, 4.69) is 33.9 Å². The van der Waals surface area contributed by atoms with Crippen molar-refractivity contribution >= 4 is 14.4 Å². The minimum Gasteiger partial charge on any atom is -0.444 e. The highest BCUT2D eigenvalue weighted by molar-refractivity contribution is 6.74. The van der Waals surface area contributed by atoms with Crippen molar-refractivity contribution in [2.75, 3.05) is 13.1 Å². The Morgan fingerprint density at radius 1 is 1.30 bits per heavy atom. The van der Waals surface area contributed by atoms with Gasteiger partial charge in [-0.1, -0.05) is 20.8 Å². The molecule has 1 amide bonds. The van der Waals surface area contributed by atoms with E-state index in [1.54, 1.807) is 25.7 Å². The Hall–Kier alpha value is -1.19. The molecule has 1 aliphatic heterocycles. The number of nitrogens with zero attached hydrogens (tertiary/aromatic N) is 2. The second-order valence-corrected chi connectivity index (χ2v) is 14.7. The second-order valence-electron chi connectivity index (χ2n) is 9.93. The minimum atomic E-state index is -2.03. The Balaban J connectivity index is 2.92. The van der Waals surface area contributed by atoms with E-state index < -0.39 is 37.6 Å².